The van der Waals surface area contributed by atoms with Crippen molar-refractivity contribution in [2.45, 2.75) is 25.4 Å². The lowest BCUT2D eigenvalue weighted by atomic mass is 10.2. The average Bonchev–Trinajstić information content (AvgIpc) is 3.34. The van der Waals surface area contributed by atoms with Gasteiger partial charge in [0, 0.05) is 21.0 Å². The molecule has 0 bridgehead atoms. The Labute approximate surface area is 215 Å². The van der Waals surface area contributed by atoms with E-state index in [9.17, 15) is 19.2 Å². The van der Waals surface area contributed by atoms with Gasteiger partial charge < -0.3 is 25.9 Å². The predicted octanol–water partition coefficient (Wildman–Crippen LogP) is 3.07. The number of hydrogen-bond donors (Lipinski definition) is 4. The van der Waals surface area contributed by atoms with Crippen LogP contribution >= 0.6 is 11.3 Å². The Kier molecular flexibility index (Phi) is 8.16. The molecule has 2 amide bonds. The minimum atomic E-state index is -1.17. The zero-order valence-electron chi connectivity index (χ0n) is 19.5. The summed E-state index contributed by atoms with van der Waals surface area (Å²) in [5.41, 5.74) is 2.85. The van der Waals surface area contributed by atoms with E-state index in [1.54, 1.807) is 42.6 Å². The van der Waals surface area contributed by atoms with E-state index in [0.29, 0.717) is 17.7 Å². The fourth-order valence-electron chi connectivity index (χ4n) is 3.49. The van der Waals surface area contributed by atoms with E-state index in [-0.39, 0.29) is 18.9 Å². The smallest absolute Gasteiger partial charge is 0.305 e. The van der Waals surface area contributed by atoms with E-state index in [1.807, 2.05) is 24.3 Å². The number of carbonyl (C=O) groups excluding carboxylic acids is 3. The van der Waals surface area contributed by atoms with Crippen LogP contribution in [0.25, 0.3) is 11.0 Å². The number of hydrogen-bond acceptors (Lipinski definition) is 8. The number of nitrogens with one attached hydrogen (secondary N) is 3. The van der Waals surface area contributed by atoms with Gasteiger partial charge in [0.1, 0.15) is 12.1 Å². The molecule has 1 atom stereocenters. The van der Waals surface area contributed by atoms with E-state index in [4.69, 9.17) is 5.11 Å². The maximum absolute atomic E-state index is 12.6. The average molecular weight is 518 g/mol. The molecule has 0 aliphatic rings. The Bertz CT molecular complexity index is 1440. The largest absolute Gasteiger partial charge is 0.481 e. The second-order valence-electron chi connectivity index (χ2n) is 8.08. The zero-order chi connectivity index (χ0) is 26.2. The second kappa shape index (κ2) is 11.9. The first-order chi connectivity index (χ1) is 17.9. The van der Waals surface area contributed by atoms with Crippen LogP contribution in [0.3, 0.4) is 0 Å². The number of amides is 2. The summed E-state index contributed by atoms with van der Waals surface area (Å²) in [4.78, 5) is 56.8. The van der Waals surface area contributed by atoms with Gasteiger partial charge in [0.25, 0.3) is 5.91 Å². The van der Waals surface area contributed by atoms with Crippen molar-refractivity contribution in [3.63, 3.8) is 0 Å². The molecule has 10 nitrogen and oxygen atoms in total. The third-order valence-electron chi connectivity index (χ3n) is 5.25. The molecular weight excluding hydrogens is 494 g/mol. The van der Waals surface area contributed by atoms with Crippen molar-refractivity contribution in [3.8, 4) is 0 Å². The number of aliphatic carboxylic acids is 1. The lowest BCUT2D eigenvalue weighted by Crippen LogP contribution is -2.38. The Hall–Kier alpha value is -4.64. The van der Waals surface area contributed by atoms with Crippen molar-refractivity contribution in [2.24, 2.45) is 0 Å². The number of anilines is 2. The highest BCUT2D eigenvalue weighted by molar-refractivity contribution is 7.12. The first-order valence-electron chi connectivity index (χ1n) is 11.3. The lowest BCUT2D eigenvalue weighted by molar-refractivity contribution is -0.138. The van der Waals surface area contributed by atoms with Gasteiger partial charge in [-0.25, -0.2) is 4.98 Å². The van der Waals surface area contributed by atoms with Gasteiger partial charge >= 0.3 is 5.97 Å². The summed E-state index contributed by atoms with van der Waals surface area (Å²) in [6, 6.07) is 17.1. The summed E-state index contributed by atoms with van der Waals surface area (Å²) in [6.45, 7) is 0.285. The van der Waals surface area contributed by atoms with Crippen molar-refractivity contribution in [1.29, 1.82) is 0 Å². The van der Waals surface area contributed by atoms with Crippen LogP contribution in [0.1, 0.15) is 26.5 Å². The number of para-hydroxylation sites is 2. The monoisotopic (exact) mass is 517 g/mol. The topological polar surface area (TPSA) is 150 Å². The number of nitrogens with zero attached hydrogens (tertiary/aromatic N) is 2. The van der Waals surface area contributed by atoms with Gasteiger partial charge in [-0.15, -0.1) is 11.3 Å². The zero-order valence-corrected chi connectivity index (χ0v) is 20.3. The highest BCUT2D eigenvalue weighted by Gasteiger charge is 2.16. The maximum Gasteiger partial charge on any atom is 0.305 e. The number of rotatable bonds is 11. The number of aldehydes is 1. The van der Waals surface area contributed by atoms with Crippen molar-refractivity contribution in [1.82, 2.24) is 20.6 Å². The maximum atomic E-state index is 12.6. The number of carbonyl (C=O) groups is 4. The van der Waals surface area contributed by atoms with Gasteiger partial charge in [-0.2, -0.15) is 0 Å². The van der Waals surface area contributed by atoms with Gasteiger partial charge in [0.2, 0.25) is 5.91 Å². The van der Waals surface area contributed by atoms with E-state index < -0.39 is 24.3 Å². The van der Waals surface area contributed by atoms with Crippen LogP contribution in [0.5, 0.6) is 0 Å². The normalized spacial score (nSPS) is 11.5. The number of aromatic nitrogens is 2. The fraction of sp³-hybridized carbons (Fsp3) is 0.154. The van der Waals surface area contributed by atoms with E-state index in [2.05, 4.69) is 25.9 Å². The molecule has 0 unspecified atom stereocenters. The highest BCUT2D eigenvalue weighted by atomic mass is 32.1. The Balaban J connectivity index is 1.27. The summed E-state index contributed by atoms with van der Waals surface area (Å²) in [5.74, 6) is -1.26. The number of thiophene rings is 1. The summed E-state index contributed by atoms with van der Waals surface area (Å²) in [6.07, 6.45) is 1.60. The van der Waals surface area contributed by atoms with Crippen LogP contribution in [0, 0.1) is 0 Å². The van der Waals surface area contributed by atoms with Gasteiger partial charge in [-0.05, 0) is 48.5 Å². The van der Waals surface area contributed by atoms with Crippen LogP contribution in [0.4, 0.5) is 11.5 Å². The molecule has 11 heteroatoms. The SMILES string of the molecule is O=C[C@H](CC(=O)O)NC(=O)Cc1ccc(CNC(=O)c2ccc(Nc3cnc4ccccc4n3)cc2)s1. The fourth-order valence-corrected chi connectivity index (χ4v) is 4.45. The van der Waals surface area contributed by atoms with Gasteiger partial charge in [0.05, 0.1) is 42.7 Å². The summed E-state index contributed by atoms with van der Waals surface area (Å²) >= 11 is 1.35. The molecule has 2 aromatic heterocycles. The Morgan fingerprint density at radius 2 is 1.70 bits per heavy atom. The lowest BCUT2D eigenvalue weighted by Gasteiger charge is -2.09. The number of carboxylic acids is 1. The van der Waals surface area contributed by atoms with Gasteiger partial charge in [-0.1, -0.05) is 12.1 Å². The molecule has 4 aromatic rings. The molecule has 0 saturated heterocycles. The third-order valence-corrected chi connectivity index (χ3v) is 6.33. The molecule has 4 rings (SSSR count). The van der Waals surface area contributed by atoms with Gasteiger partial charge in [0.15, 0.2) is 0 Å². The van der Waals surface area contributed by atoms with E-state index in [0.717, 1.165) is 26.5 Å². The summed E-state index contributed by atoms with van der Waals surface area (Å²) in [5, 5.41) is 17.2. The Morgan fingerprint density at radius 1 is 0.973 bits per heavy atom. The van der Waals surface area contributed by atoms with E-state index >= 15 is 0 Å². The predicted molar refractivity (Wildman–Crippen MR) is 139 cm³/mol. The minimum Gasteiger partial charge on any atom is -0.481 e. The van der Waals surface area contributed by atoms with Crippen LogP contribution in [0.15, 0.2) is 66.9 Å². The summed E-state index contributed by atoms with van der Waals surface area (Å²) < 4.78 is 0. The number of carboxylic acid groups (broad SMARTS) is 1. The second-order valence-corrected chi connectivity index (χ2v) is 9.33. The van der Waals surface area contributed by atoms with Crippen LogP contribution in [0.2, 0.25) is 0 Å². The molecule has 188 valence electrons. The molecule has 2 heterocycles. The molecule has 0 saturated carbocycles. The third kappa shape index (κ3) is 7.18. The molecule has 37 heavy (non-hydrogen) atoms. The summed E-state index contributed by atoms with van der Waals surface area (Å²) in [7, 11) is 0. The molecule has 0 spiro atoms. The first-order valence-corrected chi connectivity index (χ1v) is 12.1. The van der Waals surface area contributed by atoms with Crippen molar-refractivity contribution in [3.05, 3.63) is 82.2 Å². The quantitative estimate of drug-likeness (QED) is 0.222. The molecule has 0 fully saturated rings. The van der Waals surface area contributed by atoms with Crippen LogP contribution < -0.4 is 16.0 Å². The van der Waals surface area contributed by atoms with Crippen LogP contribution in [-0.4, -0.2) is 45.2 Å². The number of benzene rings is 2. The minimum absolute atomic E-state index is 0.0125. The van der Waals surface area contributed by atoms with E-state index in [1.165, 1.54) is 11.3 Å². The number of fused-ring (bicyclic) bond motifs is 1. The Morgan fingerprint density at radius 3 is 2.43 bits per heavy atom. The van der Waals surface area contributed by atoms with Crippen LogP contribution in [-0.2, 0) is 27.3 Å². The molecule has 0 radical (unpaired) electrons. The van der Waals surface area contributed by atoms with Crippen molar-refractivity contribution >= 4 is 57.9 Å². The molecular formula is C26H23N5O5S. The van der Waals surface area contributed by atoms with Crippen molar-refractivity contribution in [2.75, 3.05) is 5.32 Å². The molecule has 2 aromatic carbocycles. The molecule has 0 aliphatic carbocycles. The standard InChI is InChI=1S/C26H23N5O5S/c32-15-18(11-25(34)35)30-24(33)12-19-9-10-20(37-19)13-28-26(36)16-5-7-17(8-6-16)29-23-14-27-21-3-1-2-4-22(21)31-23/h1-10,14-15,18H,11-13H2,(H,28,36)(H,29,31)(H,30,33)(H,34,35)/t18-/m0/s1. The first kappa shape index (κ1) is 25.5. The highest BCUT2D eigenvalue weighted by Crippen LogP contribution is 2.19. The van der Waals surface area contributed by atoms with Crippen molar-refractivity contribution < 1.29 is 24.3 Å². The molecule has 4 N–H and O–H groups in total. The molecule has 0 aliphatic heterocycles. The van der Waals surface area contributed by atoms with Gasteiger partial charge in [-0.3, -0.25) is 19.4 Å².